The summed E-state index contributed by atoms with van der Waals surface area (Å²) in [6.45, 7) is 7.56. The second-order valence-electron chi connectivity index (χ2n) is 7.03. The summed E-state index contributed by atoms with van der Waals surface area (Å²) in [5.74, 6) is 0.00530. The molecule has 3 aromatic rings. The minimum absolute atomic E-state index is 0.00530. The van der Waals surface area contributed by atoms with Gasteiger partial charge >= 0.3 is 0 Å². The molecule has 0 aliphatic carbocycles. The normalized spacial score (nSPS) is 11.3. The number of aromatic nitrogens is 1. The van der Waals surface area contributed by atoms with E-state index in [1.54, 1.807) is 11.3 Å². The summed E-state index contributed by atoms with van der Waals surface area (Å²) in [4.78, 5) is 21.9. The number of benzene rings is 2. The lowest BCUT2D eigenvalue weighted by atomic mass is 10.1. The van der Waals surface area contributed by atoms with Crippen LogP contribution in [0.4, 0.5) is 5.13 Å². The van der Waals surface area contributed by atoms with E-state index >= 15 is 0 Å². The third kappa shape index (κ3) is 3.94. The Morgan fingerprint density at radius 2 is 1.77 bits per heavy atom. The molecule has 0 radical (unpaired) electrons. The lowest BCUT2D eigenvalue weighted by Crippen LogP contribution is -2.36. The number of rotatable bonds is 5. The summed E-state index contributed by atoms with van der Waals surface area (Å²) in [5, 5.41) is 0.760. The van der Waals surface area contributed by atoms with E-state index in [4.69, 9.17) is 4.98 Å². The number of anilines is 1. The number of hydrogen-bond acceptors (Lipinski definition) is 4. The molecule has 26 heavy (non-hydrogen) atoms. The third-order valence-corrected chi connectivity index (χ3v) is 5.57. The van der Waals surface area contributed by atoms with Gasteiger partial charge in [-0.05, 0) is 75.8 Å². The average molecular weight is 368 g/mol. The standard InChI is InChI=1S/C21H25N3OS/c1-14-6-9-18-19(12-14)26-21(22-18)24(11-10-23(4)5)20(25)17-8-7-15(2)16(3)13-17/h6-9,12-13H,10-11H2,1-5H3. The number of nitrogens with zero attached hydrogens (tertiary/aromatic N) is 3. The number of aryl methyl sites for hydroxylation is 3. The summed E-state index contributed by atoms with van der Waals surface area (Å²) >= 11 is 1.58. The maximum atomic E-state index is 13.2. The van der Waals surface area contributed by atoms with E-state index in [0.717, 1.165) is 27.5 Å². The Bertz CT molecular complexity index is 946. The molecule has 0 N–H and O–H groups in total. The average Bonchev–Trinajstić information content (AvgIpc) is 2.99. The van der Waals surface area contributed by atoms with Crippen LogP contribution in [0.25, 0.3) is 10.2 Å². The summed E-state index contributed by atoms with van der Waals surface area (Å²) < 4.78 is 1.11. The first-order valence-corrected chi connectivity index (χ1v) is 9.58. The van der Waals surface area contributed by atoms with Crippen LogP contribution in [0.1, 0.15) is 27.0 Å². The lowest BCUT2D eigenvalue weighted by molar-refractivity contribution is 0.0985. The van der Waals surface area contributed by atoms with E-state index in [-0.39, 0.29) is 5.91 Å². The number of carbonyl (C=O) groups excluding carboxylic acids is 1. The zero-order valence-electron chi connectivity index (χ0n) is 16.0. The van der Waals surface area contributed by atoms with Gasteiger partial charge in [0.1, 0.15) is 0 Å². The fraction of sp³-hybridized carbons (Fsp3) is 0.333. The van der Waals surface area contributed by atoms with Crippen LogP contribution >= 0.6 is 11.3 Å². The Balaban J connectivity index is 1.99. The Hall–Kier alpha value is -2.24. The minimum atomic E-state index is 0.00530. The highest BCUT2D eigenvalue weighted by Crippen LogP contribution is 2.30. The Morgan fingerprint density at radius 3 is 2.46 bits per heavy atom. The molecule has 0 atom stereocenters. The Kier molecular flexibility index (Phi) is 5.39. The predicted molar refractivity (Wildman–Crippen MR) is 111 cm³/mol. The highest BCUT2D eigenvalue weighted by atomic mass is 32.1. The molecule has 0 saturated heterocycles. The number of fused-ring (bicyclic) bond motifs is 1. The summed E-state index contributed by atoms with van der Waals surface area (Å²) in [6.07, 6.45) is 0. The fourth-order valence-corrected chi connectivity index (χ4v) is 3.84. The van der Waals surface area contributed by atoms with Gasteiger partial charge in [-0.2, -0.15) is 0 Å². The van der Waals surface area contributed by atoms with Gasteiger partial charge in [-0.25, -0.2) is 4.98 Å². The third-order valence-electron chi connectivity index (χ3n) is 4.53. The topological polar surface area (TPSA) is 36.4 Å². The molecule has 0 aliphatic heterocycles. The molecule has 136 valence electrons. The second kappa shape index (κ2) is 7.56. The fourth-order valence-electron chi connectivity index (χ4n) is 2.75. The first-order chi connectivity index (χ1) is 12.3. The van der Waals surface area contributed by atoms with Gasteiger partial charge in [0, 0.05) is 18.7 Å². The molecule has 5 heteroatoms. The molecule has 0 saturated carbocycles. The maximum Gasteiger partial charge on any atom is 0.260 e. The number of thiazole rings is 1. The Labute approximate surface area is 159 Å². The highest BCUT2D eigenvalue weighted by molar-refractivity contribution is 7.22. The van der Waals surface area contributed by atoms with Gasteiger partial charge in [-0.1, -0.05) is 23.5 Å². The first kappa shape index (κ1) is 18.5. The molecule has 1 aromatic heterocycles. The summed E-state index contributed by atoms with van der Waals surface area (Å²) in [7, 11) is 4.03. The van der Waals surface area contributed by atoms with E-state index in [2.05, 4.69) is 30.9 Å². The van der Waals surface area contributed by atoms with Gasteiger partial charge < -0.3 is 4.90 Å². The molecular weight excluding hydrogens is 342 g/mol. The van der Waals surface area contributed by atoms with Crippen LogP contribution in [-0.4, -0.2) is 43.0 Å². The van der Waals surface area contributed by atoms with Crippen LogP contribution in [0.5, 0.6) is 0 Å². The van der Waals surface area contributed by atoms with Crippen LogP contribution in [0.15, 0.2) is 36.4 Å². The maximum absolute atomic E-state index is 13.2. The van der Waals surface area contributed by atoms with Crippen molar-refractivity contribution in [2.24, 2.45) is 0 Å². The molecule has 4 nitrogen and oxygen atoms in total. The van der Waals surface area contributed by atoms with Gasteiger partial charge in [0.05, 0.1) is 10.2 Å². The largest absolute Gasteiger partial charge is 0.308 e. The van der Waals surface area contributed by atoms with Crippen LogP contribution in [0.3, 0.4) is 0 Å². The van der Waals surface area contributed by atoms with Gasteiger partial charge in [-0.15, -0.1) is 0 Å². The van der Waals surface area contributed by atoms with Crippen molar-refractivity contribution in [1.82, 2.24) is 9.88 Å². The minimum Gasteiger partial charge on any atom is -0.308 e. The van der Waals surface area contributed by atoms with Crippen molar-refractivity contribution < 1.29 is 4.79 Å². The van der Waals surface area contributed by atoms with Crippen molar-refractivity contribution in [2.45, 2.75) is 20.8 Å². The van der Waals surface area contributed by atoms with Gasteiger partial charge in [0.25, 0.3) is 5.91 Å². The molecule has 0 bridgehead atoms. The predicted octanol–water partition coefficient (Wildman–Crippen LogP) is 4.43. The number of hydrogen-bond donors (Lipinski definition) is 0. The van der Waals surface area contributed by atoms with E-state index < -0.39 is 0 Å². The molecule has 1 amide bonds. The SMILES string of the molecule is Cc1ccc2nc(N(CCN(C)C)C(=O)c3ccc(C)c(C)c3)sc2c1. The zero-order valence-corrected chi connectivity index (χ0v) is 16.9. The summed E-state index contributed by atoms with van der Waals surface area (Å²) in [5.41, 5.74) is 5.17. The summed E-state index contributed by atoms with van der Waals surface area (Å²) in [6, 6.07) is 12.1. The van der Waals surface area contributed by atoms with Crippen molar-refractivity contribution in [3.05, 3.63) is 58.7 Å². The van der Waals surface area contributed by atoms with Crippen molar-refractivity contribution >= 4 is 32.6 Å². The molecule has 2 aromatic carbocycles. The molecule has 0 spiro atoms. The molecule has 0 aliphatic rings. The molecular formula is C21H25N3OS. The van der Waals surface area contributed by atoms with E-state index in [1.165, 1.54) is 11.1 Å². The second-order valence-corrected chi connectivity index (χ2v) is 8.04. The van der Waals surface area contributed by atoms with Crippen LogP contribution in [-0.2, 0) is 0 Å². The quantitative estimate of drug-likeness (QED) is 0.669. The van der Waals surface area contributed by atoms with Crippen LogP contribution < -0.4 is 4.90 Å². The van der Waals surface area contributed by atoms with Gasteiger partial charge in [-0.3, -0.25) is 9.69 Å². The number of likely N-dealkylation sites (N-methyl/N-ethyl adjacent to an activating group) is 1. The lowest BCUT2D eigenvalue weighted by Gasteiger charge is -2.22. The van der Waals surface area contributed by atoms with Crippen molar-refractivity contribution in [1.29, 1.82) is 0 Å². The smallest absolute Gasteiger partial charge is 0.260 e. The first-order valence-electron chi connectivity index (χ1n) is 8.76. The Morgan fingerprint density at radius 1 is 1.00 bits per heavy atom. The van der Waals surface area contributed by atoms with Crippen LogP contribution in [0, 0.1) is 20.8 Å². The number of carbonyl (C=O) groups is 1. The van der Waals surface area contributed by atoms with E-state index in [1.807, 2.05) is 50.2 Å². The van der Waals surface area contributed by atoms with Crippen molar-refractivity contribution in [3.8, 4) is 0 Å². The molecule has 1 heterocycles. The molecule has 0 unspecified atom stereocenters. The molecule has 3 rings (SSSR count). The van der Waals surface area contributed by atoms with Gasteiger partial charge in [0.2, 0.25) is 0 Å². The number of amides is 1. The van der Waals surface area contributed by atoms with Gasteiger partial charge in [0.15, 0.2) is 5.13 Å². The zero-order chi connectivity index (χ0) is 18.8. The van der Waals surface area contributed by atoms with Crippen molar-refractivity contribution in [2.75, 3.05) is 32.1 Å². The van der Waals surface area contributed by atoms with E-state index in [0.29, 0.717) is 12.1 Å². The highest BCUT2D eigenvalue weighted by Gasteiger charge is 2.21. The van der Waals surface area contributed by atoms with Crippen molar-refractivity contribution in [3.63, 3.8) is 0 Å². The monoisotopic (exact) mass is 367 g/mol. The van der Waals surface area contributed by atoms with Crippen LogP contribution in [0.2, 0.25) is 0 Å². The molecule has 0 fully saturated rings. The van der Waals surface area contributed by atoms with E-state index in [9.17, 15) is 4.79 Å².